The first-order chi connectivity index (χ1) is 9.04. The monoisotopic (exact) mass is 262 g/mol. The molecule has 2 aliphatic rings. The maximum absolute atomic E-state index is 12.8. The number of rotatable bonds is 4. The number of unbranched alkanes of at least 4 members (excludes halogenated alkanes) is 1. The predicted molar refractivity (Wildman–Crippen MR) is 77.8 cm³/mol. The van der Waals surface area contributed by atoms with Crippen LogP contribution in [-0.2, 0) is 9.53 Å². The fraction of sp³-hybridized carbons (Fsp3) is 0.706. The van der Waals surface area contributed by atoms with E-state index in [1.807, 2.05) is 6.08 Å². The number of carbonyl (C=O) groups is 1. The number of fused-ring (bicyclic) bond motifs is 1. The van der Waals surface area contributed by atoms with Gasteiger partial charge in [0, 0.05) is 0 Å². The van der Waals surface area contributed by atoms with E-state index in [1.54, 1.807) is 7.11 Å². The van der Waals surface area contributed by atoms with E-state index in [9.17, 15) is 4.79 Å². The van der Waals surface area contributed by atoms with Crippen molar-refractivity contribution in [1.29, 1.82) is 0 Å². The normalized spacial score (nSPS) is 31.1. The van der Waals surface area contributed by atoms with Crippen LogP contribution in [0, 0.1) is 11.3 Å². The lowest BCUT2D eigenvalue weighted by Gasteiger charge is -2.42. The minimum Gasteiger partial charge on any atom is -0.497 e. The smallest absolute Gasteiger partial charge is 0.169 e. The molecule has 2 nitrogen and oxygen atoms in total. The van der Waals surface area contributed by atoms with Crippen molar-refractivity contribution in [2.75, 3.05) is 7.11 Å². The zero-order chi connectivity index (χ0) is 14.0. The van der Waals surface area contributed by atoms with E-state index in [0.717, 1.165) is 43.4 Å². The number of methoxy groups -OCH3 is 1. The second-order valence-electron chi connectivity index (χ2n) is 6.21. The van der Waals surface area contributed by atoms with Gasteiger partial charge in [0.05, 0.1) is 12.5 Å². The molecule has 1 saturated carbocycles. The summed E-state index contributed by atoms with van der Waals surface area (Å²) in [6.07, 6.45) is 8.39. The Bertz CT molecular complexity index is 431. The third-order valence-corrected chi connectivity index (χ3v) is 4.78. The fourth-order valence-corrected chi connectivity index (χ4v) is 3.71. The fourth-order valence-electron chi connectivity index (χ4n) is 3.71. The Morgan fingerprint density at radius 2 is 2.21 bits per heavy atom. The molecule has 0 aromatic carbocycles. The van der Waals surface area contributed by atoms with Crippen LogP contribution in [0.1, 0.15) is 59.3 Å². The predicted octanol–water partition coefficient (Wildman–Crippen LogP) is 4.41. The number of Topliss-reactive ketones (excluding diaryl/α,β-unsaturated/α-hetero) is 1. The third-order valence-electron chi connectivity index (χ3n) is 4.78. The molecular weight excluding hydrogens is 236 g/mol. The van der Waals surface area contributed by atoms with Gasteiger partial charge < -0.3 is 4.74 Å². The van der Waals surface area contributed by atoms with Crippen molar-refractivity contribution in [1.82, 2.24) is 0 Å². The number of hydrogen-bond donors (Lipinski definition) is 0. The van der Waals surface area contributed by atoms with Crippen LogP contribution in [-0.4, -0.2) is 12.9 Å². The molecule has 2 rings (SSSR count). The van der Waals surface area contributed by atoms with Gasteiger partial charge in [0.25, 0.3) is 0 Å². The summed E-state index contributed by atoms with van der Waals surface area (Å²) >= 11 is 0. The molecule has 0 aliphatic heterocycles. The molecule has 0 heterocycles. The number of ketones is 1. The van der Waals surface area contributed by atoms with Crippen molar-refractivity contribution < 1.29 is 9.53 Å². The average Bonchev–Trinajstić information content (AvgIpc) is 2.39. The van der Waals surface area contributed by atoms with Gasteiger partial charge in [-0.05, 0) is 55.7 Å². The van der Waals surface area contributed by atoms with Gasteiger partial charge in [0.1, 0.15) is 5.76 Å². The second-order valence-corrected chi connectivity index (χ2v) is 6.21. The summed E-state index contributed by atoms with van der Waals surface area (Å²) in [6, 6.07) is 0. The topological polar surface area (TPSA) is 26.3 Å². The van der Waals surface area contributed by atoms with E-state index in [1.165, 1.54) is 12.0 Å². The van der Waals surface area contributed by atoms with E-state index >= 15 is 0 Å². The summed E-state index contributed by atoms with van der Waals surface area (Å²) in [5.74, 6) is 1.77. The summed E-state index contributed by atoms with van der Waals surface area (Å²) in [5, 5.41) is 0. The van der Waals surface area contributed by atoms with E-state index < -0.39 is 0 Å². The first-order valence-corrected chi connectivity index (χ1v) is 7.58. The van der Waals surface area contributed by atoms with E-state index in [-0.39, 0.29) is 5.41 Å². The van der Waals surface area contributed by atoms with Crippen LogP contribution in [0.3, 0.4) is 0 Å². The summed E-state index contributed by atoms with van der Waals surface area (Å²) < 4.78 is 5.61. The third kappa shape index (κ3) is 2.37. The second kappa shape index (κ2) is 5.52. The van der Waals surface area contributed by atoms with Gasteiger partial charge in [-0.2, -0.15) is 0 Å². The molecule has 2 aliphatic carbocycles. The van der Waals surface area contributed by atoms with Crippen LogP contribution in [0.15, 0.2) is 23.0 Å². The molecule has 0 spiro atoms. The zero-order valence-electron chi connectivity index (χ0n) is 12.7. The number of allylic oxidation sites excluding steroid dienone is 3. The lowest BCUT2D eigenvalue weighted by Crippen LogP contribution is -2.40. The van der Waals surface area contributed by atoms with Gasteiger partial charge in [0.2, 0.25) is 0 Å². The van der Waals surface area contributed by atoms with Crippen LogP contribution in [0.25, 0.3) is 0 Å². The van der Waals surface area contributed by atoms with Gasteiger partial charge >= 0.3 is 0 Å². The molecule has 0 amide bonds. The molecule has 1 fully saturated rings. The summed E-state index contributed by atoms with van der Waals surface area (Å²) in [7, 11) is 1.73. The Kier molecular flexibility index (Phi) is 4.17. The van der Waals surface area contributed by atoms with Crippen molar-refractivity contribution in [2.24, 2.45) is 11.3 Å². The molecule has 0 aromatic heterocycles. The molecule has 2 heteroatoms. The highest BCUT2D eigenvalue weighted by Crippen LogP contribution is 2.50. The first kappa shape index (κ1) is 14.4. The number of hydrogen-bond acceptors (Lipinski definition) is 2. The lowest BCUT2D eigenvalue weighted by atomic mass is 9.61. The molecule has 0 bridgehead atoms. The molecule has 0 unspecified atom stereocenters. The van der Waals surface area contributed by atoms with Gasteiger partial charge in [-0.3, -0.25) is 4.79 Å². The van der Waals surface area contributed by atoms with Gasteiger partial charge in [0.15, 0.2) is 5.78 Å². The Morgan fingerprint density at radius 3 is 2.84 bits per heavy atom. The SMILES string of the molecule is CCCCC1=CC(OC)=C2[C@@H](C)CCC[C@]2(C)C1=O. The molecule has 0 radical (unpaired) electrons. The highest BCUT2D eigenvalue weighted by atomic mass is 16.5. The highest BCUT2D eigenvalue weighted by molar-refractivity contribution is 6.03. The van der Waals surface area contributed by atoms with E-state index in [4.69, 9.17) is 4.74 Å². The van der Waals surface area contributed by atoms with Gasteiger partial charge in [-0.25, -0.2) is 0 Å². The Balaban J connectivity index is 2.44. The van der Waals surface area contributed by atoms with Crippen molar-refractivity contribution >= 4 is 5.78 Å². The first-order valence-electron chi connectivity index (χ1n) is 7.58. The number of ether oxygens (including phenoxy) is 1. The highest BCUT2D eigenvalue weighted by Gasteiger charge is 2.46. The summed E-state index contributed by atoms with van der Waals surface area (Å²) in [5.41, 5.74) is 1.91. The Labute approximate surface area is 116 Å². The Hall–Kier alpha value is -1.05. The Morgan fingerprint density at radius 1 is 1.47 bits per heavy atom. The maximum atomic E-state index is 12.8. The van der Waals surface area contributed by atoms with Crippen LogP contribution in [0.2, 0.25) is 0 Å². The maximum Gasteiger partial charge on any atom is 0.169 e. The van der Waals surface area contributed by atoms with Gasteiger partial charge in [-0.15, -0.1) is 0 Å². The van der Waals surface area contributed by atoms with Crippen LogP contribution in [0.4, 0.5) is 0 Å². The molecule has 19 heavy (non-hydrogen) atoms. The van der Waals surface area contributed by atoms with Crippen molar-refractivity contribution in [3.05, 3.63) is 23.0 Å². The summed E-state index contributed by atoms with van der Waals surface area (Å²) in [4.78, 5) is 12.8. The minimum absolute atomic E-state index is 0.305. The summed E-state index contributed by atoms with van der Waals surface area (Å²) in [6.45, 7) is 6.51. The number of carbonyl (C=O) groups excluding carboxylic acids is 1. The molecule has 0 N–H and O–H groups in total. The van der Waals surface area contributed by atoms with Crippen LogP contribution in [0.5, 0.6) is 0 Å². The lowest BCUT2D eigenvalue weighted by molar-refractivity contribution is -0.124. The van der Waals surface area contributed by atoms with Crippen LogP contribution < -0.4 is 0 Å². The average molecular weight is 262 g/mol. The standard InChI is InChI=1S/C17H26O2/c1-5-6-9-13-11-14(19-4)15-12(2)8-7-10-17(15,3)16(13)18/h11-12H,5-10H2,1-4H3/t12-,17-/m0/s1. The van der Waals surface area contributed by atoms with Crippen molar-refractivity contribution in [2.45, 2.75) is 59.3 Å². The van der Waals surface area contributed by atoms with Crippen molar-refractivity contribution in [3.63, 3.8) is 0 Å². The molecular formula is C17H26O2. The van der Waals surface area contributed by atoms with Crippen molar-refractivity contribution in [3.8, 4) is 0 Å². The molecule has 0 saturated heterocycles. The minimum atomic E-state index is -0.305. The molecule has 2 atom stereocenters. The van der Waals surface area contributed by atoms with Crippen LogP contribution >= 0.6 is 0 Å². The van der Waals surface area contributed by atoms with E-state index in [0.29, 0.717) is 11.7 Å². The molecule has 106 valence electrons. The zero-order valence-corrected chi connectivity index (χ0v) is 12.7. The molecule has 0 aromatic rings. The largest absolute Gasteiger partial charge is 0.497 e. The van der Waals surface area contributed by atoms with E-state index in [2.05, 4.69) is 20.8 Å². The quantitative estimate of drug-likeness (QED) is 0.750. The van der Waals surface area contributed by atoms with Gasteiger partial charge in [-0.1, -0.05) is 26.7 Å².